The van der Waals surface area contributed by atoms with Gasteiger partial charge in [-0.3, -0.25) is 4.98 Å². The molecule has 1 aromatic heterocycles. The van der Waals surface area contributed by atoms with Gasteiger partial charge in [-0.1, -0.05) is 40.9 Å². The van der Waals surface area contributed by atoms with E-state index in [-0.39, 0.29) is 6.04 Å². The van der Waals surface area contributed by atoms with E-state index in [1.54, 1.807) is 48.7 Å². The van der Waals surface area contributed by atoms with Gasteiger partial charge in [0.1, 0.15) is 5.75 Å². The first-order valence-corrected chi connectivity index (χ1v) is 8.88. The molecule has 1 atom stereocenters. The molecule has 7 heteroatoms. The van der Waals surface area contributed by atoms with E-state index >= 15 is 0 Å². The Morgan fingerprint density at radius 3 is 2.56 bits per heavy atom. The minimum absolute atomic E-state index is 0.365. The van der Waals surface area contributed by atoms with Gasteiger partial charge in [-0.25, -0.2) is 5.43 Å². The highest BCUT2D eigenvalue weighted by Gasteiger charge is 2.18. The number of hydrogen-bond acceptors (Lipinski definition) is 5. The van der Waals surface area contributed by atoms with Gasteiger partial charge in [-0.15, -0.1) is 0 Å². The summed E-state index contributed by atoms with van der Waals surface area (Å²) in [4.78, 5) is 9.94. The molecule has 27 heavy (non-hydrogen) atoms. The highest BCUT2D eigenvalue weighted by atomic mass is 35.5. The summed E-state index contributed by atoms with van der Waals surface area (Å²) in [5.74, 6) is 0.570. The van der Waals surface area contributed by atoms with E-state index in [4.69, 9.17) is 33.3 Å². The third-order valence-corrected chi connectivity index (χ3v) is 4.53. The predicted molar refractivity (Wildman–Crippen MR) is 105 cm³/mol. The van der Waals surface area contributed by atoms with Crippen molar-refractivity contribution in [1.82, 2.24) is 16.0 Å². The van der Waals surface area contributed by atoms with Crippen LogP contribution in [0.1, 0.15) is 28.4 Å². The number of pyridine rings is 1. The van der Waals surface area contributed by atoms with Gasteiger partial charge in [0.25, 0.3) is 0 Å². The second-order valence-corrected chi connectivity index (χ2v) is 6.64. The maximum atomic E-state index is 9.01. The highest BCUT2D eigenvalue weighted by Crippen LogP contribution is 2.27. The van der Waals surface area contributed by atoms with E-state index in [9.17, 15) is 0 Å². The van der Waals surface area contributed by atoms with E-state index in [1.165, 1.54) is 0 Å². The number of halogens is 2. The number of benzene rings is 2. The molecule has 2 N–H and O–H groups in total. The van der Waals surface area contributed by atoms with Crippen molar-refractivity contribution in [3.63, 3.8) is 0 Å². The van der Waals surface area contributed by atoms with Crippen molar-refractivity contribution in [1.29, 1.82) is 5.26 Å². The second-order valence-electron chi connectivity index (χ2n) is 5.79. The van der Waals surface area contributed by atoms with Gasteiger partial charge in [0.2, 0.25) is 0 Å². The van der Waals surface area contributed by atoms with Crippen LogP contribution in [0.2, 0.25) is 10.0 Å². The smallest absolute Gasteiger partial charge is 0.149 e. The van der Waals surface area contributed by atoms with Crippen molar-refractivity contribution in [2.24, 2.45) is 0 Å². The van der Waals surface area contributed by atoms with Crippen LogP contribution in [0.5, 0.6) is 5.75 Å². The molecule has 3 rings (SSSR count). The number of nitriles is 1. The summed E-state index contributed by atoms with van der Waals surface area (Å²) in [6.45, 7) is 1.85. The van der Waals surface area contributed by atoms with Crippen LogP contribution in [0.15, 0.2) is 60.8 Å². The number of aryl methyl sites for hydroxylation is 1. The zero-order valence-electron chi connectivity index (χ0n) is 14.4. The lowest BCUT2D eigenvalue weighted by Gasteiger charge is -2.20. The lowest BCUT2D eigenvalue weighted by molar-refractivity contribution is 0.137. The number of hydrogen-bond donors (Lipinski definition) is 2. The van der Waals surface area contributed by atoms with Crippen molar-refractivity contribution >= 4 is 23.2 Å². The third kappa shape index (κ3) is 4.76. The molecule has 0 amide bonds. The summed E-state index contributed by atoms with van der Waals surface area (Å²) in [6, 6.07) is 17.9. The Morgan fingerprint density at radius 1 is 1.11 bits per heavy atom. The lowest BCUT2D eigenvalue weighted by Crippen LogP contribution is -2.39. The zero-order chi connectivity index (χ0) is 19.2. The fourth-order valence-electron chi connectivity index (χ4n) is 2.55. The van der Waals surface area contributed by atoms with Gasteiger partial charge >= 0.3 is 0 Å². The minimum atomic E-state index is -0.365. The maximum Gasteiger partial charge on any atom is 0.149 e. The van der Waals surface area contributed by atoms with E-state index in [2.05, 4.69) is 22.1 Å². The third-order valence-electron chi connectivity index (χ3n) is 3.95. The first-order chi connectivity index (χ1) is 13.1. The molecule has 1 unspecified atom stereocenters. The zero-order valence-corrected chi connectivity index (χ0v) is 15.9. The summed E-state index contributed by atoms with van der Waals surface area (Å²) in [5.41, 5.74) is 8.82. The lowest BCUT2D eigenvalue weighted by atomic mass is 10.0. The number of nitrogens with zero attached hydrogens (tertiary/aromatic N) is 2. The molecule has 0 spiro atoms. The monoisotopic (exact) mass is 398 g/mol. The maximum absolute atomic E-state index is 9.01. The van der Waals surface area contributed by atoms with Crippen LogP contribution in [0.25, 0.3) is 0 Å². The molecule has 0 radical (unpaired) electrons. The van der Waals surface area contributed by atoms with Crippen molar-refractivity contribution in [3.8, 4) is 11.8 Å². The molecule has 0 aliphatic rings. The molecule has 5 nitrogen and oxygen atoms in total. The fourth-order valence-corrected chi connectivity index (χ4v) is 2.90. The largest absolute Gasteiger partial charge is 0.394 e. The molecule has 0 saturated carbocycles. The van der Waals surface area contributed by atoms with Crippen molar-refractivity contribution in [3.05, 3.63) is 93.2 Å². The summed E-state index contributed by atoms with van der Waals surface area (Å²) in [7, 11) is 0. The molecule has 0 aliphatic carbocycles. The van der Waals surface area contributed by atoms with Crippen LogP contribution in [-0.4, -0.2) is 4.98 Å². The molecule has 136 valence electrons. The summed E-state index contributed by atoms with van der Waals surface area (Å²) < 4.78 is 0. The Hall–Kier alpha value is -2.62. The van der Waals surface area contributed by atoms with Gasteiger partial charge < -0.3 is 4.84 Å². The molecule has 2 aromatic carbocycles. The average Bonchev–Trinajstić information content (AvgIpc) is 2.67. The van der Waals surface area contributed by atoms with Crippen LogP contribution in [0, 0.1) is 18.3 Å². The quantitative estimate of drug-likeness (QED) is 0.586. The summed E-state index contributed by atoms with van der Waals surface area (Å²) in [6.07, 6.45) is 1.68. The SMILES string of the molecule is Cc1cc(ONNC(c2ccc(Cl)cc2)c2ncccc2Cl)ccc1C#N. The summed E-state index contributed by atoms with van der Waals surface area (Å²) >= 11 is 12.3. The van der Waals surface area contributed by atoms with Crippen LogP contribution < -0.4 is 15.9 Å². The molecular weight excluding hydrogens is 383 g/mol. The first-order valence-electron chi connectivity index (χ1n) is 8.12. The second kappa shape index (κ2) is 8.85. The van der Waals surface area contributed by atoms with Crippen molar-refractivity contribution in [2.45, 2.75) is 13.0 Å². The minimum Gasteiger partial charge on any atom is -0.394 e. The normalized spacial score (nSPS) is 11.6. The van der Waals surface area contributed by atoms with Gasteiger partial charge in [0.15, 0.2) is 0 Å². The Balaban J connectivity index is 1.78. The standard InChI is InChI=1S/C20H16Cl2N4O/c1-13-11-17(9-6-15(13)12-23)27-26-25-19(14-4-7-16(21)8-5-14)20-18(22)3-2-10-24-20/h2-11,19,25-26H,1H3. The topological polar surface area (TPSA) is 70.0 Å². The number of hydrazine groups is 1. The van der Waals surface area contributed by atoms with Gasteiger partial charge in [0, 0.05) is 11.2 Å². The van der Waals surface area contributed by atoms with Gasteiger partial charge in [-0.05, 0) is 60.5 Å². The van der Waals surface area contributed by atoms with Crippen molar-refractivity contribution in [2.75, 3.05) is 0 Å². The number of aromatic nitrogens is 1. The molecule has 3 aromatic rings. The molecular formula is C20H16Cl2N4O. The number of rotatable bonds is 6. The van der Waals surface area contributed by atoms with E-state index in [1.807, 2.05) is 19.1 Å². The first kappa shape index (κ1) is 19.2. The molecule has 0 saturated heterocycles. The van der Waals surface area contributed by atoms with Crippen molar-refractivity contribution < 1.29 is 4.84 Å². The van der Waals surface area contributed by atoms with Crippen LogP contribution >= 0.6 is 23.2 Å². The van der Waals surface area contributed by atoms with E-state index in [0.717, 1.165) is 11.1 Å². The van der Waals surface area contributed by atoms with Crippen LogP contribution in [-0.2, 0) is 0 Å². The molecule has 1 heterocycles. The molecule has 0 fully saturated rings. The molecule has 0 aliphatic heterocycles. The fraction of sp³-hybridized carbons (Fsp3) is 0.100. The Labute approximate surface area is 167 Å². The predicted octanol–water partition coefficient (Wildman–Crippen LogP) is 4.75. The van der Waals surface area contributed by atoms with Gasteiger partial charge in [0.05, 0.1) is 28.4 Å². The Bertz CT molecular complexity index is 970. The van der Waals surface area contributed by atoms with Crippen LogP contribution in [0.4, 0.5) is 0 Å². The van der Waals surface area contributed by atoms with E-state index in [0.29, 0.717) is 27.1 Å². The number of nitrogens with one attached hydrogen (secondary N) is 2. The average molecular weight is 399 g/mol. The van der Waals surface area contributed by atoms with Gasteiger partial charge in [-0.2, -0.15) is 5.26 Å². The Morgan fingerprint density at radius 2 is 1.89 bits per heavy atom. The Kier molecular flexibility index (Phi) is 6.28. The van der Waals surface area contributed by atoms with E-state index < -0.39 is 0 Å². The highest BCUT2D eigenvalue weighted by molar-refractivity contribution is 6.31. The van der Waals surface area contributed by atoms with Crippen LogP contribution in [0.3, 0.4) is 0 Å². The summed E-state index contributed by atoms with van der Waals surface area (Å²) in [5, 5.41) is 10.2. The molecule has 0 bridgehead atoms.